The van der Waals surface area contributed by atoms with Crippen LogP contribution in [0.15, 0.2) is 59.4 Å². The summed E-state index contributed by atoms with van der Waals surface area (Å²) in [6.07, 6.45) is 8.06. The van der Waals surface area contributed by atoms with Crippen LogP contribution in [-0.4, -0.2) is 82.3 Å². The van der Waals surface area contributed by atoms with E-state index in [0.29, 0.717) is 58.8 Å². The highest BCUT2D eigenvalue weighted by molar-refractivity contribution is 6.09. The molecule has 3 atom stereocenters. The summed E-state index contributed by atoms with van der Waals surface area (Å²) in [5, 5.41) is 3.61. The zero-order chi connectivity index (χ0) is 32.9. The summed E-state index contributed by atoms with van der Waals surface area (Å²) < 4.78 is 11.3. The van der Waals surface area contributed by atoms with Crippen LogP contribution in [0.3, 0.4) is 0 Å². The number of carbonyl (C=O) groups excluding carboxylic acids is 4. The van der Waals surface area contributed by atoms with Gasteiger partial charge in [0.15, 0.2) is 18.1 Å². The lowest BCUT2D eigenvalue weighted by molar-refractivity contribution is -0.118. The molecule has 0 radical (unpaired) electrons. The second-order valence-corrected chi connectivity index (χ2v) is 13.2. The van der Waals surface area contributed by atoms with Gasteiger partial charge in [-0.1, -0.05) is 0 Å². The number of carbonyl (C=O) groups is 4. The molecule has 48 heavy (non-hydrogen) atoms. The summed E-state index contributed by atoms with van der Waals surface area (Å²) in [5.41, 5.74) is 5.86. The number of aliphatic imine (C=N–C) groups is 1. The molecule has 0 bridgehead atoms. The standard InChI is InChI=1S/C36H32N6O6/c1-18-14-38-33-27(43)12-30-36(32(18)33)13-20(36)16-42(30)35(46)26-9-19-8-21(5-6-24(19)40-26)39-31(44)17-48-29-11-25-23(10-28(29)47-2)34(45)41-7-3-4-22(41)15-37-25/h5-6,8-12,14-15,20,22,38,40H,3-4,7,13,16-17H2,1-2H3,(H,39,44)/t20-,22+,36+/m1/s1. The highest BCUT2D eigenvalue weighted by Crippen LogP contribution is 2.67. The zero-order valence-corrected chi connectivity index (χ0v) is 26.4. The maximum absolute atomic E-state index is 13.8. The molecule has 12 nitrogen and oxygen atoms in total. The van der Waals surface area contributed by atoms with Gasteiger partial charge in [-0.2, -0.15) is 0 Å². The summed E-state index contributed by atoms with van der Waals surface area (Å²) in [6, 6.07) is 10.3. The number of ether oxygens (including phenoxy) is 2. The number of anilines is 1. The Morgan fingerprint density at radius 2 is 2.02 bits per heavy atom. The maximum Gasteiger partial charge on any atom is 0.274 e. The molecule has 12 heteroatoms. The molecule has 3 aliphatic heterocycles. The molecule has 5 heterocycles. The molecule has 4 aromatic rings. The number of methoxy groups -OCH3 is 1. The molecule has 2 aromatic carbocycles. The van der Waals surface area contributed by atoms with Gasteiger partial charge in [-0.3, -0.25) is 24.2 Å². The van der Waals surface area contributed by atoms with Gasteiger partial charge in [0.05, 0.1) is 30.1 Å². The fraction of sp³-hybridized carbons (Fsp3) is 0.306. The minimum Gasteiger partial charge on any atom is -0.493 e. The van der Waals surface area contributed by atoms with E-state index in [1.807, 2.05) is 18.0 Å². The molecule has 1 saturated carbocycles. The molecule has 242 valence electrons. The fourth-order valence-corrected chi connectivity index (χ4v) is 8.18. The van der Waals surface area contributed by atoms with E-state index in [1.165, 1.54) is 7.11 Å². The van der Waals surface area contributed by atoms with Gasteiger partial charge in [0.25, 0.3) is 17.7 Å². The van der Waals surface area contributed by atoms with Crippen LogP contribution in [0.2, 0.25) is 0 Å². The molecule has 2 saturated heterocycles. The smallest absolute Gasteiger partial charge is 0.274 e. The molecule has 9 rings (SSSR count). The van der Waals surface area contributed by atoms with E-state index in [-0.39, 0.29) is 35.7 Å². The third-order valence-corrected chi connectivity index (χ3v) is 10.5. The number of H-pyrrole nitrogens is 2. The summed E-state index contributed by atoms with van der Waals surface area (Å²) in [4.78, 5) is 67.3. The highest BCUT2D eigenvalue weighted by Gasteiger charge is 2.68. The number of aromatic nitrogens is 2. The Bertz CT molecular complexity index is 2180. The normalized spacial score (nSPS) is 23.2. The molecule has 3 fully saturated rings. The van der Waals surface area contributed by atoms with Gasteiger partial charge in [0, 0.05) is 65.3 Å². The van der Waals surface area contributed by atoms with Crippen molar-refractivity contribution in [2.75, 3.05) is 32.1 Å². The van der Waals surface area contributed by atoms with E-state index < -0.39 is 5.91 Å². The monoisotopic (exact) mass is 644 g/mol. The van der Waals surface area contributed by atoms with Crippen LogP contribution in [0, 0.1) is 12.8 Å². The van der Waals surface area contributed by atoms with Crippen molar-refractivity contribution in [2.24, 2.45) is 10.9 Å². The minimum atomic E-state index is -0.395. The second kappa shape index (κ2) is 10.2. The number of amides is 3. The van der Waals surface area contributed by atoms with Gasteiger partial charge in [0.2, 0.25) is 5.78 Å². The van der Waals surface area contributed by atoms with Gasteiger partial charge in [-0.15, -0.1) is 0 Å². The average Bonchev–Trinajstić information content (AvgIpc) is 3.53. The fourth-order valence-electron chi connectivity index (χ4n) is 8.18. The number of fused-ring (bicyclic) bond motifs is 4. The predicted octanol–water partition coefficient (Wildman–Crippen LogP) is 4.64. The largest absolute Gasteiger partial charge is 0.493 e. The first-order valence-electron chi connectivity index (χ1n) is 16.1. The van der Waals surface area contributed by atoms with E-state index in [1.54, 1.807) is 53.6 Å². The molecule has 0 unspecified atom stereocenters. The van der Waals surface area contributed by atoms with E-state index in [0.717, 1.165) is 47.0 Å². The van der Waals surface area contributed by atoms with Crippen LogP contribution in [0.4, 0.5) is 11.4 Å². The van der Waals surface area contributed by atoms with Crippen LogP contribution in [-0.2, 0) is 10.2 Å². The Morgan fingerprint density at radius 1 is 1.15 bits per heavy atom. The Hall–Kier alpha value is -5.65. The van der Waals surface area contributed by atoms with Gasteiger partial charge < -0.3 is 34.6 Å². The number of likely N-dealkylation sites (tertiary alicyclic amines) is 1. The van der Waals surface area contributed by atoms with Gasteiger partial charge >= 0.3 is 0 Å². The summed E-state index contributed by atoms with van der Waals surface area (Å²) in [5.74, 6) is 0.163. The average molecular weight is 645 g/mol. The molecule has 2 aromatic heterocycles. The predicted molar refractivity (Wildman–Crippen MR) is 176 cm³/mol. The Morgan fingerprint density at radius 3 is 2.88 bits per heavy atom. The quantitative estimate of drug-likeness (QED) is 0.278. The van der Waals surface area contributed by atoms with E-state index >= 15 is 0 Å². The number of nitrogens with zero attached hydrogens (tertiary/aromatic N) is 3. The van der Waals surface area contributed by atoms with Crippen molar-refractivity contribution in [1.82, 2.24) is 19.8 Å². The Kier molecular flexibility index (Phi) is 6.05. The third-order valence-electron chi connectivity index (χ3n) is 10.5. The molecule has 5 aliphatic rings. The molecule has 3 N–H and O–H groups in total. The number of rotatable bonds is 6. The summed E-state index contributed by atoms with van der Waals surface area (Å²) in [7, 11) is 1.48. The lowest BCUT2D eigenvalue weighted by atomic mass is 9.83. The van der Waals surface area contributed by atoms with Gasteiger partial charge in [-0.05, 0) is 73.6 Å². The summed E-state index contributed by atoms with van der Waals surface area (Å²) >= 11 is 0. The maximum atomic E-state index is 13.8. The van der Waals surface area contributed by atoms with E-state index in [2.05, 4.69) is 20.3 Å². The van der Waals surface area contributed by atoms with Crippen molar-refractivity contribution in [3.8, 4) is 11.5 Å². The number of allylic oxidation sites excluding steroid dienone is 2. The second-order valence-electron chi connectivity index (χ2n) is 13.2. The third kappa shape index (κ3) is 4.11. The van der Waals surface area contributed by atoms with Crippen molar-refractivity contribution >= 4 is 52.0 Å². The number of piperidine rings is 1. The van der Waals surface area contributed by atoms with Gasteiger partial charge in [0.1, 0.15) is 5.69 Å². The van der Waals surface area contributed by atoms with Crippen LogP contribution in [0.5, 0.6) is 11.5 Å². The highest BCUT2D eigenvalue weighted by atomic mass is 16.5. The number of aromatic amines is 2. The topological polar surface area (TPSA) is 149 Å². The molecule has 1 spiro atoms. The molecule has 2 aliphatic carbocycles. The van der Waals surface area contributed by atoms with Crippen molar-refractivity contribution in [3.05, 3.63) is 82.4 Å². The van der Waals surface area contributed by atoms with Crippen LogP contribution in [0.1, 0.15) is 61.7 Å². The first-order chi connectivity index (χ1) is 23.2. The Balaban J connectivity index is 0.896. The number of hydrogen-bond acceptors (Lipinski definition) is 7. The van der Waals surface area contributed by atoms with Crippen LogP contribution >= 0.6 is 0 Å². The molecular formula is C36H32N6O6. The SMILES string of the molecule is COc1cc2c(cc1OCC(=O)Nc1ccc3[nH]c(C(=O)N4C[C@H]5C[C@@]56C4=CC(=O)c4[nH]cc(C)c46)cc3c1)N=C[C@@H]1CCCN1C2=O. The lowest BCUT2D eigenvalue weighted by Gasteiger charge is -2.28. The van der Waals surface area contributed by atoms with Crippen LogP contribution in [0.25, 0.3) is 10.9 Å². The minimum absolute atomic E-state index is 0.0202. The lowest BCUT2D eigenvalue weighted by Crippen LogP contribution is -2.35. The number of benzene rings is 2. The van der Waals surface area contributed by atoms with Crippen LogP contribution < -0.4 is 14.8 Å². The summed E-state index contributed by atoms with van der Waals surface area (Å²) in [6.45, 7) is 2.96. The van der Waals surface area contributed by atoms with Crippen molar-refractivity contribution in [1.29, 1.82) is 0 Å². The number of nitrogens with one attached hydrogen (secondary N) is 3. The zero-order valence-electron chi connectivity index (χ0n) is 26.4. The van der Waals surface area contributed by atoms with E-state index in [4.69, 9.17) is 9.47 Å². The van der Waals surface area contributed by atoms with Crippen molar-refractivity contribution < 1.29 is 28.7 Å². The number of aryl methyl sites for hydroxylation is 1. The first kappa shape index (κ1) is 28.6. The van der Waals surface area contributed by atoms with Crippen molar-refractivity contribution in [3.63, 3.8) is 0 Å². The van der Waals surface area contributed by atoms with Crippen molar-refractivity contribution in [2.45, 2.75) is 37.6 Å². The van der Waals surface area contributed by atoms with E-state index in [9.17, 15) is 19.2 Å². The number of ketones is 1. The Labute approximate surface area is 274 Å². The molecular weight excluding hydrogens is 612 g/mol. The first-order valence-corrected chi connectivity index (χ1v) is 16.1. The number of hydrogen-bond donors (Lipinski definition) is 3. The van der Waals surface area contributed by atoms with Gasteiger partial charge in [-0.25, -0.2) is 0 Å². The molecule has 3 amide bonds.